The van der Waals surface area contributed by atoms with Gasteiger partial charge in [-0.2, -0.15) is 0 Å². The molecule has 0 aliphatic heterocycles. The summed E-state index contributed by atoms with van der Waals surface area (Å²) in [6, 6.07) is 6.27. The number of ether oxygens (including phenoxy) is 3. The third-order valence-corrected chi connectivity index (χ3v) is 2.82. The average Bonchev–Trinajstić information content (AvgIpc) is 2.58. The highest BCUT2D eigenvalue weighted by molar-refractivity contribution is 5.98. The van der Waals surface area contributed by atoms with Crippen LogP contribution in [0.1, 0.15) is 24.2 Å². The van der Waals surface area contributed by atoms with Crippen molar-refractivity contribution < 1.29 is 28.6 Å². The van der Waals surface area contributed by atoms with Crippen LogP contribution in [0, 0.1) is 5.92 Å². The number of hydrogen-bond acceptors (Lipinski definition) is 7. The summed E-state index contributed by atoms with van der Waals surface area (Å²) in [4.78, 5) is 34.8. The number of methoxy groups -OCH3 is 2. The van der Waals surface area contributed by atoms with Gasteiger partial charge in [0.15, 0.2) is 0 Å². The number of esters is 3. The van der Waals surface area contributed by atoms with Crippen molar-refractivity contribution in [1.29, 1.82) is 0 Å². The van der Waals surface area contributed by atoms with Crippen LogP contribution in [0.2, 0.25) is 0 Å². The SMILES string of the molecule is COC(=O)/C=C(/Nc1ccc(C(=O)OCC(C)C)cc1)C(=O)OC. The van der Waals surface area contributed by atoms with Crippen LogP contribution in [0.3, 0.4) is 0 Å². The van der Waals surface area contributed by atoms with E-state index in [2.05, 4.69) is 14.8 Å². The molecule has 0 atom stereocenters. The van der Waals surface area contributed by atoms with Gasteiger partial charge in [-0.1, -0.05) is 13.8 Å². The maximum absolute atomic E-state index is 11.8. The Morgan fingerprint density at radius 1 is 1.08 bits per heavy atom. The molecule has 130 valence electrons. The van der Waals surface area contributed by atoms with Crippen molar-refractivity contribution in [3.63, 3.8) is 0 Å². The largest absolute Gasteiger partial charge is 0.466 e. The van der Waals surface area contributed by atoms with Gasteiger partial charge >= 0.3 is 17.9 Å². The molecule has 1 aromatic carbocycles. The first-order valence-electron chi connectivity index (χ1n) is 7.29. The van der Waals surface area contributed by atoms with Gasteiger partial charge in [-0.25, -0.2) is 14.4 Å². The number of rotatable bonds is 7. The van der Waals surface area contributed by atoms with Gasteiger partial charge in [0, 0.05) is 5.69 Å². The fourth-order valence-corrected chi connectivity index (χ4v) is 1.60. The molecule has 0 aliphatic rings. The average molecular weight is 335 g/mol. The molecule has 1 rings (SSSR count). The zero-order valence-electron chi connectivity index (χ0n) is 14.1. The maximum Gasteiger partial charge on any atom is 0.354 e. The standard InChI is InChI=1S/C17H21NO6/c1-11(2)10-24-16(20)12-5-7-13(8-6-12)18-14(17(21)23-4)9-15(19)22-3/h5-9,11,18H,10H2,1-4H3/b14-9+. The van der Waals surface area contributed by atoms with E-state index < -0.39 is 17.9 Å². The summed E-state index contributed by atoms with van der Waals surface area (Å²) in [6.07, 6.45) is 0.983. The van der Waals surface area contributed by atoms with Gasteiger partial charge in [0.2, 0.25) is 0 Å². The Bertz CT molecular complexity index is 618. The van der Waals surface area contributed by atoms with Gasteiger partial charge < -0.3 is 19.5 Å². The van der Waals surface area contributed by atoms with Crippen molar-refractivity contribution in [3.05, 3.63) is 41.6 Å². The van der Waals surface area contributed by atoms with Crippen LogP contribution in [-0.4, -0.2) is 38.7 Å². The third kappa shape index (κ3) is 6.12. The fourth-order valence-electron chi connectivity index (χ4n) is 1.60. The number of hydrogen-bond donors (Lipinski definition) is 1. The van der Waals surface area contributed by atoms with E-state index in [1.807, 2.05) is 13.8 Å². The summed E-state index contributed by atoms with van der Waals surface area (Å²) in [6.45, 7) is 4.23. The highest BCUT2D eigenvalue weighted by Crippen LogP contribution is 2.14. The molecule has 7 heteroatoms. The highest BCUT2D eigenvalue weighted by atomic mass is 16.5. The molecular weight excluding hydrogens is 314 g/mol. The second-order valence-corrected chi connectivity index (χ2v) is 5.27. The summed E-state index contributed by atoms with van der Waals surface area (Å²) < 4.78 is 14.2. The first-order chi connectivity index (χ1) is 11.4. The Hall–Kier alpha value is -2.83. The van der Waals surface area contributed by atoms with Gasteiger partial charge in [0.25, 0.3) is 0 Å². The van der Waals surface area contributed by atoms with Crippen LogP contribution in [0.5, 0.6) is 0 Å². The minimum atomic E-state index is -0.721. The lowest BCUT2D eigenvalue weighted by Gasteiger charge is -2.10. The molecule has 1 N–H and O–H groups in total. The Labute approximate surface area is 140 Å². The zero-order valence-corrected chi connectivity index (χ0v) is 14.1. The maximum atomic E-state index is 11.8. The normalized spacial score (nSPS) is 11.0. The topological polar surface area (TPSA) is 90.9 Å². The summed E-state index contributed by atoms with van der Waals surface area (Å²) in [5.41, 5.74) is 0.799. The highest BCUT2D eigenvalue weighted by Gasteiger charge is 2.13. The van der Waals surface area contributed by atoms with Crippen LogP contribution in [0.15, 0.2) is 36.0 Å². The van der Waals surface area contributed by atoms with E-state index in [1.165, 1.54) is 14.2 Å². The summed E-state index contributed by atoms with van der Waals surface area (Å²) in [5, 5.41) is 2.74. The van der Waals surface area contributed by atoms with Crippen molar-refractivity contribution >= 4 is 23.6 Å². The van der Waals surface area contributed by atoms with Crippen molar-refractivity contribution in [2.24, 2.45) is 5.92 Å². The molecule has 0 heterocycles. The number of anilines is 1. The van der Waals surface area contributed by atoms with Crippen molar-refractivity contribution in [1.82, 2.24) is 0 Å². The Morgan fingerprint density at radius 3 is 2.21 bits per heavy atom. The van der Waals surface area contributed by atoms with Crippen molar-refractivity contribution in [3.8, 4) is 0 Å². The van der Waals surface area contributed by atoms with E-state index in [1.54, 1.807) is 24.3 Å². The number of carbonyl (C=O) groups is 3. The molecule has 0 amide bonds. The van der Waals surface area contributed by atoms with Crippen LogP contribution in [0.25, 0.3) is 0 Å². The van der Waals surface area contributed by atoms with Crippen molar-refractivity contribution in [2.45, 2.75) is 13.8 Å². The Balaban J connectivity index is 2.83. The molecule has 7 nitrogen and oxygen atoms in total. The second kappa shape index (κ2) is 9.34. The predicted octanol–water partition coefficient (Wildman–Crippen LogP) is 2.14. The smallest absolute Gasteiger partial charge is 0.354 e. The first kappa shape index (κ1) is 19.2. The molecular formula is C17H21NO6. The monoisotopic (exact) mass is 335 g/mol. The first-order valence-corrected chi connectivity index (χ1v) is 7.29. The quantitative estimate of drug-likeness (QED) is 0.464. The summed E-state index contributed by atoms with van der Waals surface area (Å²) in [7, 11) is 2.40. The lowest BCUT2D eigenvalue weighted by atomic mass is 10.2. The van der Waals surface area contributed by atoms with E-state index in [-0.39, 0.29) is 11.6 Å². The predicted molar refractivity (Wildman–Crippen MR) is 87.3 cm³/mol. The minimum absolute atomic E-state index is 0.0838. The van der Waals surface area contributed by atoms with E-state index in [9.17, 15) is 14.4 Å². The molecule has 24 heavy (non-hydrogen) atoms. The summed E-state index contributed by atoms with van der Waals surface area (Å²) in [5.74, 6) is -1.59. The molecule has 0 aromatic heterocycles. The van der Waals surface area contributed by atoms with Gasteiger partial charge in [0.05, 0.1) is 32.5 Å². The van der Waals surface area contributed by atoms with Gasteiger partial charge in [-0.15, -0.1) is 0 Å². The minimum Gasteiger partial charge on any atom is -0.466 e. The molecule has 0 unspecified atom stereocenters. The van der Waals surface area contributed by atoms with Crippen LogP contribution in [-0.2, 0) is 23.8 Å². The number of carbonyl (C=O) groups excluding carboxylic acids is 3. The fraction of sp³-hybridized carbons (Fsp3) is 0.353. The number of benzene rings is 1. The molecule has 0 spiro atoms. The molecule has 0 saturated heterocycles. The van der Waals surface area contributed by atoms with E-state index >= 15 is 0 Å². The molecule has 1 aromatic rings. The molecule has 0 fully saturated rings. The molecule has 0 saturated carbocycles. The van der Waals surface area contributed by atoms with Gasteiger partial charge in [-0.05, 0) is 30.2 Å². The molecule has 0 bridgehead atoms. The van der Waals surface area contributed by atoms with E-state index in [4.69, 9.17) is 4.74 Å². The molecule has 0 radical (unpaired) electrons. The number of nitrogens with one attached hydrogen (secondary N) is 1. The Kier molecular flexibility index (Phi) is 7.48. The van der Waals surface area contributed by atoms with E-state index in [0.29, 0.717) is 17.9 Å². The van der Waals surface area contributed by atoms with Crippen LogP contribution >= 0.6 is 0 Å². The zero-order chi connectivity index (χ0) is 18.1. The van der Waals surface area contributed by atoms with E-state index in [0.717, 1.165) is 6.08 Å². The lowest BCUT2D eigenvalue weighted by molar-refractivity contribution is -0.138. The lowest BCUT2D eigenvalue weighted by Crippen LogP contribution is -2.15. The second-order valence-electron chi connectivity index (χ2n) is 5.27. The van der Waals surface area contributed by atoms with Crippen LogP contribution < -0.4 is 5.32 Å². The third-order valence-electron chi connectivity index (χ3n) is 2.82. The van der Waals surface area contributed by atoms with Gasteiger partial charge in [0.1, 0.15) is 5.70 Å². The van der Waals surface area contributed by atoms with Crippen LogP contribution in [0.4, 0.5) is 5.69 Å². The van der Waals surface area contributed by atoms with Gasteiger partial charge in [-0.3, -0.25) is 0 Å². The Morgan fingerprint density at radius 2 is 1.71 bits per heavy atom. The summed E-state index contributed by atoms with van der Waals surface area (Å²) >= 11 is 0. The molecule has 0 aliphatic carbocycles. The van der Waals surface area contributed by atoms with Crippen molar-refractivity contribution in [2.75, 3.05) is 26.1 Å².